The first-order chi connectivity index (χ1) is 14.5. The van der Waals surface area contributed by atoms with Crippen molar-refractivity contribution in [2.24, 2.45) is 0 Å². The lowest BCUT2D eigenvalue weighted by molar-refractivity contribution is 0.852. The maximum absolute atomic E-state index is 4.81. The fourth-order valence-corrected chi connectivity index (χ4v) is 5.65. The predicted octanol–water partition coefficient (Wildman–Crippen LogP) is 8.52. The van der Waals surface area contributed by atoms with Crippen molar-refractivity contribution in [1.82, 2.24) is 4.98 Å². The Balaban J connectivity index is 1.76. The zero-order valence-corrected chi connectivity index (χ0v) is 18.7. The number of benzene rings is 3. The molecule has 1 nitrogen and oxygen atoms in total. The summed E-state index contributed by atoms with van der Waals surface area (Å²) in [7, 11) is 0. The van der Waals surface area contributed by atoms with Gasteiger partial charge >= 0.3 is 0 Å². The molecule has 0 N–H and O–H groups in total. The van der Waals surface area contributed by atoms with E-state index in [0.29, 0.717) is 5.92 Å². The molecule has 5 rings (SSSR count). The fourth-order valence-electron chi connectivity index (χ4n) is 4.38. The monoisotopic (exact) mass is 407 g/mol. The van der Waals surface area contributed by atoms with Gasteiger partial charge in [0.1, 0.15) is 0 Å². The molecule has 0 atom stereocenters. The van der Waals surface area contributed by atoms with Gasteiger partial charge in [-0.3, -0.25) is 4.98 Å². The van der Waals surface area contributed by atoms with Gasteiger partial charge in [0.15, 0.2) is 0 Å². The van der Waals surface area contributed by atoms with Gasteiger partial charge in [0, 0.05) is 31.9 Å². The van der Waals surface area contributed by atoms with Crippen molar-refractivity contribution in [3.8, 4) is 22.4 Å². The van der Waals surface area contributed by atoms with Crippen LogP contribution in [0.5, 0.6) is 0 Å². The Bertz CT molecular complexity index is 1380. The summed E-state index contributed by atoms with van der Waals surface area (Å²) in [5.74, 6) is 0.490. The molecule has 0 fully saturated rings. The number of aromatic nitrogens is 1. The lowest BCUT2D eigenvalue weighted by Crippen LogP contribution is -1.95. The quantitative estimate of drug-likeness (QED) is 0.292. The van der Waals surface area contributed by atoms with Crippen molar-refractivity contribution in [3.63, 3.8) is 0 Å². The van der Waals surface area contributed by atoms with Gasteiger partial charge in [-0.25, -0.2) is 0 Å². The predicted molar refractivity (Wildman–Crippen MR) is 132 cm³/mol. The zero-order chi connectivity index (χ0) is 20.8. The molecule has 0 amide bonds. The van der Waals surface area contributed by atoms with Gasteiger partial charge < -0.3 is 0 Å². The van der Waals surface area contributed by atoms with Crippen LogP contribution in [0.1, 0.15) is 36.5 Å². The van der Waals surface area contributed by atoms with Gasteiger partial charge in [-0.1, -0.05) is 62.4 Å². The first kappa shape index (κ1) is 19.0. The third kappa shape index (κ3) is 3.12. The maximum Gasteiger partial charge on any atom is 0.0719 e. The second kappa shape index (κ2) is 7.37. The highest BCUT2D eigenvalue weighted by Crippen LogP contribution is 2.42. The molecular formula is C28H25NS. The lowest BCUT2D eigenvalue weighted by Gasteiger charge is -2.12. The zero-order valence-electron chi connectivity index (χ0n) is 17.9. The number of hydrogen-bond acceptors (Lipinski definition) is 2. The van der Waals surface area contributed by atoms with E-state index in [1.807, 2.05) is 17.5 Å². The highest BCUT2D eigenvalue weighted by Gasteiger charge is 2.15. The Morgan fingerprint density at radius 2 is 1.53 bits per heavy atom. The highest BCUT2D eigenvalue weighted by atomic mass is 32.1. The molecule has 0 saturated heterocycles. The number of rotatable bonds is 3. The van der Waals surface area contributed by atoms with Crippen LogP contribution in [0.2, 0.25) is 0 Å². The Morgan fingerprint density at radius 1 is 0.733 bits per heavy atom. The topological polar surface area (TPSA) is 12.9 Å². The van der Waals surface area contributed by atoms with Crippen LogP contribution in [0.4, 0.5) is 0 Å². The van der Waals surface area contributed by atoms with E-state index in [1.165, 1.54) is 53.6 Å². The smallest absolute Gasteiger partial charge is 0.0719 e. The molecule has 0 bridgehead atoms. The van der Waals surface area contributed by atoms with Crippen molar-refractivity contribution < 1.29 is 0 Å². The Morgan fingerprint density at radius 3 is 2.30 bits per heavy atom. The molecule has 0 radical (unpaired) electrons. The van der Waals surface area contributed by atoms with E-state index in [-0.39, 0.29) is 0 Å². The third-order valence-corrected chi connectivity index (χ3v) is 7.32. The van der Waals surface area contributed by atoms with Crippen LogP contribution in [0.3, 0.4) is 0 Å². The third-order valence-electron chi connectivity index (χ3n) is 5.93. The van der Waals surface area contributed by atoms with Gasteiger partial charge in [0.25, 0.3) is 0 Å². The van der Waals surface area contributed by atoms with Gasteiger partial charge in [-0.2, -0.15) is 0 Å². The molecule has 5 aromatic rings. The summed E-state index contributed by atoms with van der Waals surface area (Å²) < 4.78 is 2.69. The molecule has 148 valence electrons. The van der Waals surface area contributed by atoms with Gasteiger partial charge in [0.2, 0.25) is 0 Å². The van der Waals surface area contributed by atoms with Crippen LogP contribution < -0.4 is 0 Å². The number of nitrogens with zero attached hydrogens (tertiary/aromatic N) is 1. The summed E-state index contributed by atoms with van der Waals surface area (Å²) >= 11 is 1.89. The molecule has 3 aromatic carbocycles. The Labute approximate surface area is 182 Å². The summed E-state index contributed by atoms with van der Waals surface area (Å²) in [6, 6.07) is 24.2. The molecule has 0 spiro atoms. The summed E-state index contributed by atoms with van der Waals surface area (Å²) in [6.45, 7) is 8.88. The number of fused-ring (bicyclic) bond motifs is 3. The van der Waals surface area contributed by atoms with Crippen LogP contribution in [0.15, 0.2) is 72.9 Å². The summed E-state index contributed by atoms with van der Waals surface area (Å²) in [6.07, 6.45) is 2.02. The minimum atomic E-state index is 0.490. The molecular weight excluding hydrogens is 382 g/mol. The fraction of sp³-hybridized carbons (Fsp3) is 0.179. The van der Waals surface area contributed by atoms with E-state index in [4.69, 9.17) is 4.98 Å². The second-order valence-electron chi connectivity index (χ2n) is 8.40. The lowest BCUT2D eigenvalue weighted by atomic mass is 9.96. The maximum atomic E-state index is 4.81. The van der Waals surface area contributed by atoms with Crippen molar-refractivity contribution in [1.29, 1.82) is 0 Å². The SMILES string of the molecule is Cc1cnc(-c2cccc3c2sc2c(C)cc(-c4ccccc4)cc23)cc1C(C)C. The van der Waals surface area contributed by atoms with Crippen LogP contribution in [0, 0.1) is 13.8 Å². The summed E-state index contributed by atoms with van der Waals surface area (Å²) in [4.78, 5) is 4.81. The largest absolute Gasteiger partial charge is 0.256 e. The molecule has 0 aliphatic rings. The molecule has 30 heavy (non-hydrogen) atoms. The van der Waals surface area contributed by atoms with E-state index in [1.54, 1.807) is 0 Å². The summed E-state index contributed by atoms with van der Waals surface area (Å²) in [5, 5.41) is 2.66. The molecule has 0 unspecified atom stereocenters. The Hall–Kier alpha value is -2.97. The Kier molecular flexibility index (Phi) is 4.67. The molecule has 0 aliphatic carbocycles. The number of hydrogen-bond donors (Lipinski definition) is 0. The van der Waals surface area contributed by atoms with Crippen molar-refractivity contribution in [3.05, 3.63) is 89.6 Å². The van der Waals surface area contributed by atoms with Gasteiger partial charge in [0.05, 0.1) is 5.69 Å². The van der Waals surface area contributed by atoms with Crippen molar-refractivity contribution in [2.75, 3.05) is 0 Å². The average molecular weight is 408 g/mol. The average Bonchev–Trinajstić information content (AvgIpc) is 3.14. The van der Waals surface area contributed by atoms with E-state index >= 15 is 0 Å². The first-order valence-electron chi connectivity index (χ1n) is 10.5. The van der Waals surface area contributed by atoms with E-state index in [9.17, 15) is 0 Å². The first-order valence-corrected chi connectivity index (χ1v) is 11.3. The van der Waals surface area contributed by atoms with Crippen LogP contribution >= 0.6 is 11.3 Å². The van der Waals surface area contributed by atoms with Crippen molar-refractivity contribution >= 4 is 31.5 Å². The highest BCUT2D eigenvalue weighted by molar-refractivity contribution is 7.26. The van der Waals surface area contributed by atoms with E-state index < -0.39 is 0 Å². The number of pyridine rings is 1. The molecule has 2 aromatic heterocycles. The minimum absolute atomic E-state index is 0.490. The number of thiophene rings is 1. The molecule has 2 heterocycles. The summed E-state index contributed by atoms with van der Waals surface area (Å²) in [5.41, 5.74) is 8.82. The standard InChI is InChI=1S/C28H25NS/c1-17(2)24-15-26(29-16-19(24)4)23-12-8-11-22-25-14-21(20-9-6-5-7-10-20)13-18(3)27(25)30-28(22)23/h5-17H,1-4H3. The van der Waals surface area contributed by atoms with E-state index in [0.717, 1.165) is 5.69 Å². The van der Waals surface area contributed by atoms with Gasteiger partial charge in [-0.05, 0) is 65.8 Å². The normalized spacial score (nSPS) is 11.6. The molecule has 0 aliphatic heterocycles. The molecule has 0 saturated carbocycles. The van der Waals surface area contributed by atoms with Crippen LogP contribution in [-0.4, -0.2) is 4.98 Å². The van der Waals surface area contributed by atoms with Gasteiger partial charge in [-0.15, -0.1) is 11.3 Å². The van der Waals surface area contributed by atoms with Crippen LogP contribution in [0.25, 0.3) is 42.6 Å². The number of aryl methyl sites for hydroxylation is 2. The molecule has 2 heteroatoms. The van der Waals surface area contributed by atoms with Crippen LogP contribution in [-0.2, 0) is 0 Å². The second-order valence-corrected chi connectivity index (χ2v) is 9.42. The van der Waals surface area contributed by atoms with E-state index in [2.05, 4.69) is 94.4 Å². The van der Waals surface area contributed by atoms with Crippen molar-refractivity contribution in [2.45, 2.75) is 33.6 Å². The minimum Gasteiger partial charge on any atom is -0.256 e.